The highest BCUT2D eigenvalue weighted by Gasteiger charge is 2.17. The molecule has 1 aromatic heterocycles. The molecule has 1 rings (SSSR count). The number of nitrogens with one attached hydrogen (secondary N) is 1. The van der Waals surface area contributed by atoms with Crippen LogP contribution in [0.3, 0.4) is 0 Å². The van der Waals surface area contributed by atoms with Crippen molar-refractivity contribution in [2.75, 3.05) is 25.1 Å². The molecular weight excluding hydrogens is 226 g/mol. The Hall–Kier alpha value is -1.42. The van der Waals surface area contributed by atoms with E-state index in [1.807, 2.05) is 13.0 Å². The van der Waals surface area contributed by atoms with Crippen LogP contribution < -0.4 is 5.32 Å². The van der Waals surface area contributed by atoms with Gasteiger partial charge in [0.05, 0.1) is 13.2 Å². The predicted molar refractivity (Wildman–Crippen MR) is 74.9 cm³/mol. The normalized spacial score (nSPS) is 11.3. The topological polar surface area (TPSA) is 47.0 Å². The maximum atomic E-state index is 5.41. The van der Waals surface area contributed by atoms with Crippen LogP contribution in [0.1, 0.15) is 33.5 Å². The third-order valence-corrected chi connectivity index (χ3v) is 2.23. The average molecular weight is 249 g/mol. The van der Waals surface area contributed by atoms with E-state index in [9.17, 15) is 0 Å². The summed E-state index contributed by atoms with van der Waals surface area (Å²) in [6.07, 6.45) is 1.78. The van der Waals surface area contributed by atoms with E-state index in [-0.39, 0.29) is 5.41 Å². The zero-order chi connectivity index (χ0) is 13.6. The summed E-state index contributed by atoms with van der Waals surface area (Å²) in [7, 11) is 0. The number of hydrogen-bond donors (Lipinski definition) is 1. The molecule has 0 aliphatic rings. The van der Waals surface area contributed by atoms with Gasteiger partial charge >= 0.3 is 0 Å². The average Bonchev–Trinajstić information content (AvgIpc) is 2.27. The van der Waals surface area contributed by atoms with E-state index >= 15 is 0 Å². The highest BCUT2D eigenvalue weighted by molar-refractivity contribution is 5.33. The molecule has 0 aliphatic carbocycles. The number of hydrogen-bond acceptors (Lipinski definition) is 4. The number of ether oxygens (including phenoxy) is 1. The first-order chi connectivity index (χ1) is 8.39. The van der Waals surface area contributed by atoms with Gasteiger partial charge in [0.2, 0.25) is 0 Å². The quantitative estimate of drug-likeness (QED) is 0.622. The van der Waals surface area contributed by atoms with E-state index in [1.54, 1.807) is 6.20 Å². The minimum atomic E-state index is -0.0336. The summed E-state index contributed by atoms with van der Waals surface area (Å²) in [6.45, 7) is 14.0. The minimum Gasteiger partial charge on any atom is -0.375 e. The Balaban J connectivity index is 2.41. The van der Waals surface area contributed by atoms with Crippen LogP contribution in [0.2, 0.25) is 0 Å². The molecule has 1 aromatic rings. The molecule has 0 spiro atoms. The van der Waals surface area contributed by atoms with Gasteiger partial charge in [0.1, 0.15) is 11.6 Å². The third-order valence-electron chi connectivity index (χ3n) is 2.23. The van der Waals surface area contributed by atoms with Gasteiger partial charge in [-0.25, -0.2) is 9.97 Å². The Bertz CT molecular complexity index is 396. The van der Waals surface area contributed by atoms with Crippen molar-refractivity contribution in [3.05, 3.63) is 30.2 Å². The summed E-state index contributed by atoms with van der Waals surface area (Å²) < 4.78 is 5.41. The lowest BCUT2D eigenvalue weighted by Crippen LogP contribution is -2.18. The lowest BCUT2D eigenvalue weighted by molar-refractivity contribution is 0.167. The van der Waals surface area contributed by atoms with Crippen LogP contribution in [0.15, 0.2) is 24.4 Å². The van der Waals surface area contributed by atoms with Crippen LogP contribution >= 0.6 is 0 Å². The second-order valence-corrected chi connectivity index (χ2v) is 5.45. The molecule has 1 N–H and O–H groups in total. The molecule has 0 aromatic carbocycles. The fourth-order valence-corrected chi connectivity index (χ4v) is 1.32. The molecule has 0 atom stereocenters. The van der Waals surface area contributed by atoms with Gasteiger partial charge in [0, 0.05) is 18.2 Å². The van der Waals surface area contributed by atoms with Crippen LogP contribution in [-0.2, 0) is 10.2 Å². The van der Waals surface area contributed by atoms with E-state index in [1.165, 1.54) is 0 Å². The van der Waals surface area contributed by atoms with Crippen molar-refractivity contribution in [2.45, 2.75) is 33.1 Å². The largest absolute Gasteiger partial charge is 0.375 e. The molecular formula is C14H23N3O. The van der Waals surface area contributed by atoms with Gasteiger partial charge in [0.25, 0.3) is 0 Å². The summed E-state index contributed by atoms with van der Waals surface area (Å²) in [4.78, 5) is 8.77. The molecule has 4 nitrogen and oxygen atoms in total. The van der Waals surface area contributed by atoms with Crippen LogP contribution in [0, 0.1) is 0 Å². The monoisotopic (exact) mass is 249 g/mol. The van der Waals surface area contributed by atoms with Gasteiger partial charge in [-0.3, -0.25) is 0 Å². The Morgan fingerprint density at radius 1 is 1.44 bits per heavy atom. The van der Waals surface area contributed by atoms with Crippen molar-refractivity contribution in [1.29, 1.82) is 0 Å². The molecule has 100 valence electrons. The highest BCUT2D eigenvalue weighted by Crippen LogP contribution is 2.18. The van der Waals surface area contributed by atoms with Crippen molar-refractivity contribution >= 4 is 5.82 Å². The van der Waals surface area contributed by atoms with Gasteiger partial charge < -0.3 is 10.1 Å². The number of aromatic nitrogens is 2. The molecule has 0 fully saturated rings. The molecule has 0 unspecified atom stereocenters. The fraction of sp³-hybridized carbons (Fsp3) is 0.571. The molecule has 1 heterocycles. The molecule has 0 saturated heterocycles. The molecule has 0 aliphatic heterocycles. The Kier molecular flexibility index (Phi) is 5.28. The molecule has 4 heteroatoms. The first kappa shape index (κ1) is 14.6. The van der Waals surface area contributed by atoms with Crippen molar-refractivity contribution in [2.24, 2.45) is 0 Å². The van der Waals surface area contributed by atoms with Crippen molar-refractivity contribution in [3.63, 3.8) is 0 Å². The van der Waals surface area contributed by atoms with E-state index in [2.05, 4.69) is 42.6 Å². The van der Waals surface area contributed by atoms with Crippen molar-refractivity contribution < 1.29 is 4.74 Å². The van der Waals surface area contributed by atoms with Crippen LogP contribution in [-0.4, -0.2) is 29.7 Å². The Labute approximate surface area is 109 Å². The third kappa shape index (κ3) is 5.27. The Morgan fingerprint density at radius 2 is 2.17 bits per heavy atom. The van der Waals surface area contributed by atoms with E-state index in [0.29, 0.717) is 13.2 Å². The lowest BCUT2D eigenvalue weighted by atomic mass is 9.96. The summed E-state index contributed by atoms with van der Waals surface area (Å²) in [6, 6.07) is 1.87. The number of anilines is 1. The maximum Gasteiger partial charge on any atom is 0.135 e. The maximum absolute atomic E-state index is 5.41. The van der Waals surface area contributed by atoms with Crippen molar-refractivity contribution in [1.82, 2.24) is 9.97 Å². The standard InChI is InChI=1S/C14H23N3O/c1-11(2)10-18-9-8-15-12-6-7-16-13(17-12)14(3,4)5/h6-7H,1,8-10H2,2-5H3,(H,15,16,17). The second-order valence-electron chi connectivity index (χ2n) is 5.45. The molecule has 18 heavy (non-hydrogen) atoms. The van der Waals surface area contributed by atoms with Gasteiger partial charge in [-0.05, 0) is 13.0 Å². The highest BCUT2D eigenvalue weighted by atomic mass is 16.5. The second kappa shape index (κ2) is 6.50. The summed E-state index contributed by atoms with van der Waals surface area (Å²) in [5.74, 6) is 1.68. The number of rotatable bonds is 6. The fourth-order valence-electron chi connectivity index (χ4n) is 1.32. The van der Waals surface area contributed by atoms with E-state index < -0.39 is 0 Å². The van der Waals surface area contributed by atoms with Gasteiger partial charge in [-0.2, -0.15) is 0 Å². The minimum absolute atomic E-state index is 0.0336. The van der Waals surface area contributed by atoms with Crippen LogP contribution in [0.5, 0.6) is 0 Å². The summed E-state index contributed by atoms with van der Waals surface area (Å²) in [5.41, 5.74) is 1.00. The zero-order valence-corrected chi connectivity index (χ0v) is 11.8. The van der Waals surface area contributed by atoms with Crippen LogP contribution in [0.4, 0.5) is 5.82 Å². The van der Waals surface area contributed by atoms with Crippen LogP contribution in [0.25, 0.3) is 0 Å². The molecule has 0 amide bonds. The Morgan fingerprint density at radius 3 is 2.78 bits per heavy atom. The first-order valence-corrected chi connectivity index (χ1v) is 6.19. The smallest absolute Gasteiger partial charge is 0.135 e. The predicted octanol–water partition coefficient (Wildman–Crippen LogP) is 2.78. The summed E-state index contributed by atoms with van der Waals surface area (Å²) >= 11 is 0. The van der Waals surface area contributed by atoms with E-state index in [4.69, 9.17) is 4.74 Å². The van der Waals surface area contributed by atoms with Gasteiger partial charge in [-0.15, -0.1) is 0 Å². The van der Waals surface area contributed by atoms with Crippen molar-refractivity contribution in [3.8, 4) is 0 Å². The SMILES string of the molecule is C=C(C)COCCNc1ccnc(C(C)(C)C)n1. The zero-order valence-electron chi connectivity index (χ0n) is 11.8. The molecule has 0 bridgehead atoms. The lowest BCUT2D eigenvalue weighted by Gasteiger charge is -2.17. The molecule has 0 radical (unpaired) electrons. The molecule has 0 saturated carbocycles. The van der Waals surface area contributed by atoms with Gasteiger partial charge in [0.15, 0.2) is 0 Å². The number of nitrogens with zero attached hydrogens (tertiary/aromatic N) is 2. The first-order valence-electron chi connectivity index (χ1n) is 6.19. The summed E-state index contributed by atoms with van der Waals surface area (Å²) in [5, 5.41) is 3.23. The van der Waals surface area contributed by atoms with Gasteiger partial charge in [-0.1, -0.05) is 32.9 Å². The van der Waals surface area contributed by atoms with E-state index in [0.717, 1.165) is 23.8 Å².